The van der Waals surface area contributed by atoms with Crippen molar-refractivity contribution >= 4 is 47.0 Å². The lowest BCUT2D eigenvalue weighted by Gasteiger charge is -2.43. The number of benzene rings is 3. The van der Waals surface area contributed by atoms with Crippen LogP contribution in [0.2, 0.25) is 10.3 Å². The molecule has 0 saturated heterocycles. The van der Waals surface area contributed by atoms with Gasteiger partial charge >= 0.3 is 6.18 Å². The summed E-state index contributed by atoms with van der Waals surface area (Å²) >= 11 is 6.18. The minimum Gasteiger partial charge on any atom is -0.490 e. The highest BCUT2D eigenvalue weighted by Crippen LogP contribution is 2.42. The lowest BCUT2D eigenvalue weighted by Crippen LogP contribution is -2.66. The van der Waals surface area contributed by atoms with Crippen LogP contribution in [0.4, 0.5) is 19.0 Å². The van der Waals surface area contributed by atoms with Crippen LogP contribution in [-0.4, -0.2) is 43.6 Å². The third-order valence-electron chi connectivity index (χ3n) is 7.97. The molecule has 0 spiro atoms. The largest absolute Gasteiger partial charge is 0.490 e. The Morgan fingerprint density at radius 3 is 2.09 bits per heavy atom. The number of alkyl halides is 3. The Balaban J connectivity index is 1.46. The number of pyridine rings is 1. The van der Waals surface area contributed by atoms with Crippen LogP contribution in [0.25, 0.3) is 10.9 Å². The van der Waals surface area contributed by atoms with Gasteiger partial charge in [0.15, 0.2) is 0 Å². The molecule has 0 radical (unpaired) electrons. The molecular formula is C35H36ClF3N4O3Si. The second kappa shape index (κ2) is 13.9. The van der Waals surface area contributed by atoms with E-state index in [4.69, 9.17) is 25.5 Å². The lowest BCUT2D eigenvalue weighted by molar-refractivity contribution is -0.139. The average Bonchev–Trinajstić information content (AvgIpc) is 3.04. The number of ether oxygens (including phenoxy) is 2. The zero-order valence-electron chi connectivity index (χ0n) is 26.7. The maximum atomic E-state index is 14.4. The number of anilines is 1. The van der Waals surface area contributed by atoms with E-state index < -0.39 is 26.1 Å². The molecule has 47 heavy (non-hydrogen) atoms. The molecule has 0 unspecified atom stereocenters. The molecule has 3 aromatic carbocycles. The van der Waals surface area contributed by atoms with E-state index >= 15 is 0 Å². The van der Waals surface area contributed by atoms with Gasteiger partial charge in [-0.25, -0.2) is 15.0 Å². The second-order valence-corrected chi connectivity index (χ2v) is 16.7. The molecule has 0 aliphatic rings. The summed E-state index contributed by atoms with van der Waals surface area (Å²) in [6.07, 6.45) is -3.17. The third kappa shape index (κ3) is 7.22. The van der Waals surface area contributed by atoms with Crippen molar-refractivity contribution in [1.29, 1.82) is 0 Å². The molecule has 1 atom stereocenters. The Morgan fingerprint density at radius 1 is 0.872 bits per heavy atom. The fourth-order valence-corrected chi connectivity index (χ4v) is 10.6. The maximum absolute atomic E-state index is 14.4. The van der Waals surface area contributed by atoms with Crippen molar-refractivity contribution in [3.05, 3.63) is 108 Å². The van der Waals surface area contributed by atoms with Crippen LogP contribution in [0.15, 0.2) is 91.1 Å². The van der Waals surface area contributed by atoms with Gasteiger partial charge in [-0.15, -0.1) is 0 Å². The zero-order valence-corrected chi connectivity index (χ0v) is 28.5. The van der Waals surface area contributed by atoms with Crippen LogP contribution in [0.1, 0.15) is 44.9 Å². The average molecular weight is 681 g/mol. The number of fused-ring (bicyclic) bond motifs is 1. The first kappa shape index (κ1) is 34.1. The monoisotopic (exact) mass is 680 g/mol. The van der Waals surface area contributed by atoms with E-state index in [1.165, 1.54) is 19.4 Å². The van der Waals surface area contributed by atoms with Gasteiger partial charge in [0, 0.05) is 17.0 Å². The summed E-state index contributed by atoms with van der Waals surface area (Å²) in [6, 6.07) is 25.0. The van der Waals surface area contributed by atoms with Crippen LogP contribution in [0.5, 0.6) is 11.6 Å². The van der Waals surface area contributed by atoms with Gasteiger partial charge < -0.3 is 19.2 Å². The molecule has 7 nitrogen and oxygen atoms in total. The van der Waals surface area contributed by atoms with Crippen molar-refractivity contribution in [2.75, 3.05) is 25.6 Å². The van der Waals surface area contributed by atoms with E-state index in [0.29, 0.717) is 22.6 Å². The molecule has 2 aromatic heterocycles. The highest BCUT2D eigenvalue weighted by Gasteiger charge is 2.50. The number of para-hydroxylation sites is 1. The highest BCUT2D eigenvalue weighted by molar-refractivity contribution is 6.99. The van der Waals surface area contributed by atoms with Gasteiger partial charge in [-0.2, -0.15) is 13.2 Å². The van der Waals surface area contributed by atoms with Gasteiger partial charge in [-0.1, -0.05) is 93.6 Å². The molecule has 5 rings (SSSR count). The first-order valence-electron chi connectivity index (χ1n) is 15.1. The van der Waals surface area contributed by atoms with Crippen molar-refractivity contribution in [1.82, 2.24) is 15.0 Å². The van der Waals surface area contributed by atoms with Crippen LogP contribution in [0.3, 0.4) is 0 Å². The molecule has 2 heterocycles. The van der Waals surface area contributed by atoms with Gasteiger partial charge in [0.2, 0.25) is 11.2 Å². The Morgan fingerprint density at radius 2 is 1.51 bits per heavy atom. The molecule has 0 amide bonds. The number of hydrogen-bond donors (Lipinski definition) is 1. The number of aromatic nitrogens is 3. The van der Waals surface area contributed by atoms with E-state index in [0.717, 1.165) is 16.4 Å². The number of halogens is 4. The zero-order chi connectivity index (χ0) is 33.8. The predicted octanol–water partition coefficient (Wildman–Crippen LogP) is 7.83. The van der Waals surface area contributed by atoms with E-state index in [9.17, 15) is 13.2 Å². The van der Waals surface area contributed by atoms with Gasteiger partial charge in [0.1, 0.15) is 18.2 Å². The number of methoxy groups -OCH3 is 1. The SMILES string of the molecule is COc1cc2c(N[C@H](C)c3cccc(C(F)(F)F)c3OCCO[Si](c3ccccc3)(c3ccccc3)C(C)(C)C)nc(Cl)nc2cn1. The molecule has 246 valence electrons. The number of nitrogens with one attached hydrogen (secondary N) is 1. The van der Waals surface area contributed by atoms with E-state index in [-0.39, 0.29) is 34.8 Å². The Kier molecular flexibility index (Phi) is 10.1. The summed E-state index contributed by atoms with van der Waals surface area (Å²) < 4.78 is 61.3. The van der Waals surface area contributed by atoms with Crippen molar-refractivity contribution in [2.45, 2.75) is 45.0 Å². The Bertz CT molecular complexity index is 1780. The van der Waals surface area contributed by atoms with Gasteiger partial charge in [0.25, 0.3) is 8.32 Å². The topological polar surface area (TPSA) is 78.4 Å². The summed E-state index contributed by atoms with van der Waals surface area (Å²) in [5.41, 5.74) is -0.152. The van der Waals surface area contributed by atoms with Gasteiger partial charge in [-0.3, -0.25) is 0 Å². The molecule has 1 N–H and O–H groups in total. The van der Waals surface area contributed by atoms with Crippen LogP contribution in [-0.2, 0) is 10.6 Å². The normalized spacial score (nSPS) is 13.0. The minimum absolute atomic E-state index is 0.0415. The van der Waals surface area contributed by atoms with Crippen LogP contribution >= 0.6 is 11.6 Å². The predicted molar refractivity (Wildman–Crippen MR) is 181 cm³/mol. The number of nitrogens with zero attached hydrogens (tertiary/aromatic N) is 3. The molecule has 5 aromatic rings. The molecule has 0 aliphatic heterocycles. The van der Waals surface area contributed by atoms with Crippen molar-refractivity contribution in [3.8, 4) is 11.6 Å². The van der Waals surface area contributed by atoms with E-state index in [2.05, 4.69) is 65.3 Å². The van der Waals surface area contributed by atoms with Crippen LogP contribution in [0, 0.1) is 0 Å². The fourth-order valence-electron chi connectivity index (χ4n) is 5.87. The van der Waals surface area contributed by atoms with Crippen LogP contribution < -0.4 is 25.2 Å². The highest BCUT2D eigenvalue weighted by atomic mass is 35.5. The third-order valence-corrected chi connectivity index (χ3v) is 13.2. The smallest absolute Gasteiger partial charge is 0.419 e. The molecule has 0 aliphatic carbocycles. The first-order chi connectivity index (χ1) is 22.3. The summed E-state index contributed by atoms with van der Waals surface area (Å²) in [4.78, 5) is 12.7. The fraction of sp³-hybridized carbons (Fsp3) is 0.286. The van der Waals surface area contributed by atoms with Crippen molar-refractivity contribution in [3.63, 3.8) is 0 Å². The van der Waals surface area contributed by atoms with E-state index in [1.807, 2.05) is 36.4 Å². The maximum Gasteiger partial charge on any atom is 0.419 e. The molecular weight excluding hydrogens is 645 g/mol. The van der Waals surface area contributed by atoms with E-state index in [1.54, 1.807) is 19.1 Å². The van der Waals surface area contributed by atoms with Crippen molar-refractivity contribution in [2.24, 2.45) is 0 Å². The quantitative estimate of drug-likeness (QED) is 0.0866. The molecule has 0 saturated carbocycles. The summed E-state index contributed by atoms with van der Waals surface area (Å²) in [5, 5.41) is 5.53. The molecule has 0 bridgehead atoms. The summed E-state index contributed by atoms with van der Waals surface area (Å²) in [5.74, 6) is 0.351. The molecule has 0 fully saturated rings. The molecule has 12 heteroatoms. The number of rotatable bonds is 11. The summed E-state index contributed by atoms with van der Waals surface area (Å²) in [6.45, 7) is 8.10. The lowest BCUT2D eigenvalue weighted by atomic mass is 10.0. The second-order valence-electron chi connectivity index (χ2n) is 12.0. The summed E-state index contributed by atoms with van der Waals surface area (Å²) in [7, 11) is -1.44. The Hall–Kier alpha value is -4.19. The standard InChI is InChI=1S/C35H36ClF3N4O3Si/c1-23(41-32-27-21-30(44-5)40-22-29(27)42-33(36)43-32)26-17-12-18-28(35(37,38)39)31(26)45-19-20-46-47(34(2,3)4,24-13-8-6-9-14-24)25-15-10-7-11-16-25/h6-18,21-23H,19-20H2,1-5H3,(H,41,42,43)/t23-/m1/s1. The first-order valence-corrected chi connectivity index (χ1v) is 17.4. The number of hydrogen-bond acceptors (Lipinski definition) is 7. The Labute approximate surface area is 278 Å². The minimum atomic E-state index is -4.66. The van der Waals surface area contributed by atoms with Crippen molar-refractivity contribution < 1.29 is 27.1 Å². The van der Waals surface area contributed by atoms with Gasteiger partial charge in [-0.05, 0) is 40.0 Å². The van der Waals surface area contributed by atoms with Gasteiger partial charge in [0.05, 0.1) is 37.0 Å².